The highest BCUT2D eigenvalue weighted by Gasteiger charge is 2.25. The molecule has 1 aliphatic heterocycles. The molecule has 0 aromatic carbocycles. The second kappa shape index (κ2) is 4.59. The van der Waals surface area contributed by atoms with Crippen molar-refractivity contribution in [3.05, 3.63) is 11.9 Å². The Morgan fingerprint density at radius 1 is 1.50 bits per heavy atom. The number of hydrogen-bond donors (Lipinski definition) is 1. The molecule has 1 atom stereocenters. The van der Waals surface area contributed by atoms with Gasteiger partial charge in [-0.3, -0.25) is 0 Å². The summed E-state index contributed by atoms with van der Waals surface area (Å²) in [6.45, 7) is 4.01. The fourth-order valence-corrected chi connectivity index (χ4v) is 2.05. The molecule has 1 saturated heterocycles. The van der Waals surface area contributed by atoms with Crippen LogP contribution < -0.4 is 4.90 Å². The normalized spacial score (nSPS) is 20.8. The molecule has 2 heterocycles. The molecule has 1 aliphatic rings. The van der Waals surface area contributed by atoms with Gasteiger partial charge >= 0.3 is 0 Å². The summed E-state index contributed by atoms with van der Waals surface area (Å²) in [5, 5.41) is 0. The molecule has 4 nitrogen and oxygen atoms in total. The van der Waals surface area contributed by atoms with E-state index >= 15 is 0 Å². The predicted octanol–water partition coefficient (Wildman–Crippen LogP) is 1.21. The van der Waals surface area contributed by atoms with Crippen LogP contribution in [0.25, 0.3) is 0 Å². The zero-order valence-corrected chi connectivity index (χ0v) is 10.9. The molecule has 88 valence electrons. The quantitative estimate of drug-likeness (QED) is 0.785. The molecule has 1 fully saturated rings. The molecular formula is C11H18N4S. The standard InChI is InChI=1S/C11H18N4S/c1-8-10(16)6-12-11(13-8)15-5-4-9(7-15)14(2)3/h6,9,16H,4-5,7H2,1-3H3. The van der Waals surface area contributed by atoms with Crippen molar-refractivity contribution in [3.63, 3.8) is 0 Å². The summed E-state index contributed by atoms with van der Waals surface area (Å²) in [4.78, 5) is 14.2. The van der Waals surface area contributed by atoms with Crippen LogP contribution in [0.2, 0.25) is 0 Å². The van der Waals surface area contributed by atoms with E-state index < -0.39 is 0 Å². The van der Waals surface area contributed by atoms with Crippen molar-refractivity contribution in [1.29, 1.82) is 0 Å². The Bertz CT molecular complexity index is 380. The molecular weight excluding hydrogens is 220 g/mol. The lowest BCUT2D eigenvalue weighted by atomic mass is 10.2. The lowest BCUT2D eigenvalue weighted by Crippen LogP contribution is -2.32. The Morgan fingerprint density at radius 2 is 2.25 bits per heavy atom. The number of likely N-dealkylation sites (N-methyl/N-ethyl adjacent to an activating group) is 1. The topological polar surface area (TPSA) is 32.3 Å². The molecule has 0 aliphatic carbocycles. The fourth-order valence-electron chi connectivity index (χ4n) is 1.95. The maximum absolute atomic E-state index is 4.47. The van der Waals surface area contributed by atoms with Crippen LogP contribution in [0, 0.1) is 6.92 Å². The predicted molar refractivity (Wildman–Crippen MR) is 68.3 cm³/mol. The summed E-state index contributed by atoms with van der Waals surface area (Å²) in [5.41, 5.74) is 0.946. The van der Waals surface area contributed by atoms with Crippen molar-refractivity contribution < 1.29 is 0 Å². The van der Waals surface area contributed by atoms with Crippen LogP contribution in [-0.2, 0) is 0 Å². The Balaban J connectivity index is 2.11. The van der Waals surface area contributed by atoms with E-state index in [1.165, 1.54) is 6.42 Å². The third-order valence-electron chi connectivity index (χ3n) is 3.12. The SMILES string of the molecule is Cc1nc(N2CCC(N(C)C)C2)ncc1S. The van der Waals surface area contributed by atoms with E-state index in [4.69, 9.17) is 0 Å². The first kappa shape index (κ1) is 11.7. The Morgan fingerprint density at radius 3 is 2.81 bits per heavy atom. The maximum atomic E-state index is 4.47. The molecule has 1 unspecified atom stereocenters. The van der Waals surface area contributed by atoms with E-state index in [9.17, 15) is 0 Å². The molecule has 2 rings (SSSR count). The Hall–Kier alpha value is -0.810. The minimum atomic E-state index is 0.611. The van der Waals surface area contributed by atoms with Crippen molar-refractivity contribution in [2.75, 3.05) is 32.1 Å². The number of rotatable bonds is 2. The van der Waals surface area contributed by atoms with Gasteiger partial charge in [-0.15, -0.1) is 12.6 Å². The van der Waals surface area contributed by atoms with Gasteiger partial charge in [0.05, 0.1) is 5.69 Å². The van der Waals surface area contributed by atoms with Gasteiger partial charge in [0.2, 0.25) is 5.95 Å². The molecule has 1 aromatic heterocycles. The van der Waals surface area contributed by atoms with Crippen LogP contribution in [0.15, 0.2) is 11.1 Å². The van der Waals surface area contributed by atoms with E-state index in [2.05, 4.69) is 46.5 Å². The average molecular weight is 238 g/mol. The van der Waals surface area contributed by atoms with Crippen LogP contribution in [0.4, 0.5) is 5.95 Å². The highest BCUT2D eigenvalue weighted by Crippen LogP contribution is 2.20. The van der Waals surface area contributed by atoms with Gasteiger partial charge in [-0.25, -0.2) is 9.97 Å². The van der Waals surface area contributed by atoms with Crippen molar-refractivity contribution in [2.24, 2.45) is 0 Å². The third kappa shape index (κ3) is 2.30. The fraction of sp³-hybridized carbons (Fsp3) is 0.636. The van der Waals surface area contributed by atoms with Crippen LogP contribution >= 0.6 is 12.6 Å². The van der Waals surface area contributed by atoms with E-state index in [1.54, 1.807) is 6.20 Å². The number of aromatic nitrogens is 2. The van der Waals surface area contributed by atoms with Gasteiger partial charge in [0.1, 0.15) is 0 Å². The highest BCUT2D eigenvalue weighted by atomic mass is 32.1. The maximum Gasteiger partial charge on any atom is 0.225 e. The largest absolute Gasteiger partial charge is 0.339 e. The van der Waals surface area contributed by atoms with E-state index in [1.807, 2.05) is 6.92 Å². The van der Waals surface area contributed by atoms with Crippen LogP contribution in [0.1, 0.15) is 12.1 Å². The lowest BCUT2D eigenvalue weighted by molar-refractivity contribution is 0.315. The van der Waals surface area contributed by atoms with Gasteiger partial charge in [0.15, 0.2) is 0 Å². The molecule has 5 heteroatoms. The monoisotopic (exact) mass is 238 g/mol. The zero-order valence-electron chi connectivity index (χ0n) is 10.0. The van der Waals surface area contributed by atoms with Gasteiger partial charge in [-0.1, -0.05) is 0 Å². The summed E-state index contributed by atoms with van der Waals surface area (Å²) < 4.78 is 0. The van der Waals surface area contributed by atoms with Crippen LogP contribution in [0.3, 0.4) is 0 Å². The van der Waals surface area contributed by atoms with Crippen molar-refractivity contribution in [2.45, 2.75) is 24.3 Å². The molecule has 0 amide bonds. The van der Waals surface area contributed by atoms with E-state index in [0.29, 0.717) is 6.04 Å². The number of anilines is 1. The van der Waals surface area contributed by atoms with Crippen LogP contribution in [0.5, 0.6) is 0 Å². The van der Waals surface area contributed by atoms with Crippen molar-refractivity contribution in [1.82, 2.24) is 14.9 Å². The first-order chi connectivity index (χ1) is 7.58. The number of nitrogens with zero attached hydrogens (tertiary/aromatic N) is 4. The number of aryl methyl sites for hydroxylation is 1. The second-order valence-electron chi connectivity index (χ2n) is 4.49. The molecule has 0 radical (unpaired) electrons. The second-order valence-corrected chi connectivity index (χ2v) is 4.97. The molecule has 0 N–H and O–H groups in total. The van der Waals surface area contributed by atoms with E-state index in [-0.39, 0.29) is 0 Å². The molecule has 16 heavy (non-hydrogen) atoms. The summed E-state index contributed by atoms with van der Waals surface area (Å²) in [6.07, 6.45) is 2.96. The smallest absolute Gasteiger partial charge is 0.225 e. The van der Waals surface area contributed by atoms with Gasteiger partial charge in [0, 0.05) is 30.2 Å². The van der Waals surface area contributed by atoms with Crippen molar-refractivity contribution >= 4 is 18.6 Å². The first-order valence-corrected chi connectivity index (χ1v) is 5.96. The Kier molecular flexibility index (Phi) is 3.35. The number of hydrogen-bond acceptors (Lipinski definition) is 5. The molecule has 0 saturated carbocycles. The highest BCUT2D eigenvalue weighted by molar-refractivity contribution is 7.80. The third-order valence-corrected chi connectivity index (χ3v) is 3.56. The summed E-state index contributed by atoms with van der Waals surface area (Å²) in [7, 11) is 4.24. The van der Waals surface area contributed by atoms with E-state index in [0.717, 1.165) is 29.6 Å². The van der Waals surface area contributed by atoms with Gasteiger partial charge in [-0.2, -0.15) is 0 Å². The Labute approximate surface area is 102 Å². The lowest BCUT2D eigenvalue weighted by Gasteiger charge is -2.20. The first-order valence-electron chi connectivity index (χ1n) is 5.52. The average Bonchev–Trinajstić information content (AvgIpc) is 2.71. The molecule has 1 aromatic rings. The number of thiol groups is 1. The minimum absolute atomic E-state index is 0.611. The van der Waals surface area contributed by atoms with Gasteiger partial charge in [-0.05, 0) is 27.4 Å². The van der Waals surface area contributed by atoms with Crippen LogP contribution in [-0.4, -0.2) is 48.1 Å². The molecule has 0 bridgehead atoms. The van der Waals surface area contributed by atoms with Gasteiger partial charge in [0.25, 0.3) is 0 Å². The summed E-state index contributed by atoms with van der Waals surface area (Å²) in [6, 6.07) is 0.611. The van der Waals surface area contributed by atoms with Crippen molar-refractivity contribution in [3.8, 4) is 0 Å². The minimum Gasteiger partial charge on any atom is -0.339 e. The summed E-state index contributed by atoms with van der Waals surface area (Å²) >= 11 is 4.29. The molecule has 0 spiro atoms. The zero-order chi connectivity index (χ0) is 11.7. The summed E-state index contributed by atoms with van der Waals surface area (Å²) in [5.74, 6) is 0.833. The van der Waals surface area contributed by atoms with Gasteiger partial charge < -0.3 is 9.80 Å².